The van der Waals surface area contributed by atoms with E-state index in [1.54, 1.807) is 36.4 Å². The molecular weight excluding hydrogens is 407 g/mol. The second-order valence-corrected chi connectivity index (χ2v) is 6.84. The number of benzene rings is 2. The Morgan fingerprint density at radius 2 is 1.65 bits per heavy atom. The van der Waals surface area contributed by atoms with Gasteiger partial charge < -0.3 is 20.5 Å². The average molecular weight is 430 g/mol. The van der Waals surface area contributed by atoms with Crippen LogP contribution in [0.4, 0.5) is 4.39 Å². The van der Waals surface area contributed by atoms with Crippen LogP contribution < -0.4 is 10.6 Å². The molecule has 0 bridgehead atoms. The smallest absolute Gasteiger partial charge is 0.326 e. The summed E-state index contributed by atoms with van der Waals surface area (Å²) in [4.78, 5) is 47.7. The van der Waals surface area contributed by atoms with Gasteiger partial charge in [-0.05, 0) is 23.3 Å². The first-order valence-electron chi connectivity index (χ1n) is 9.49. The molecule has 0 spiro atoms. The minimum atomic E-state index is -1.56. The number of halogens is 1. The zero-order chi connectivity index (χ0) is 22.8. The Hall–Kier alpha value is -3.75. The summed E-state index contributed by atoms with van der Waals surface area (Å²) in [6.07, 6.45) is -0.658. The lowest BCUT2D eigenvalue weighted by Gasteiger charge is -2.21. The summed E-state index contributed by atoms with van der Waals surface area (Å²) in [5.41, 5.74) is 1.16. The molecule has 0 aromatic heterocycles. The van der Waals surface area contributed by atoms with Gasteiger partial charge in [-0.3, -0.25) is 14.4 Å². The molecule has 2 atom stereocenters. The highest BCUT2D eigenvalue weighted by atomic mass is 19.1. The summed E-state index contributed by atoms with van der Waals surface area (Å²) in [6, 6.07) is 11.6. The van der Waals surface area contributed by atoms with E-state index in [4.69, 9.17) is 4.74 Å². The van der Waals surface area contributed by atoms with Crippen molar-refractivity contribution in [3.63, 3.8) is 0 Å². The number of hydrogen-bond donors (Lipinski definition) is 3. The van der Waals surface area contributed by atoms with E-state index < -0.39 is 48.1 Å². The van der Waals surface area contributed by atoms with Gasteiger partial charge in [-0.25, -0.2) is 9.18 Å². The molecule has 164 valence electrons. The van der Waals surface area contributed by atoms with Crippen molar-refractivity contribution in [1.29, 1.82) is 0 Å². The zero-order valence-electron chi connectivity index (χ0n) is 16.8. The van der Waals surface area contributed by atoms with Crippen LogP contribution in [0.15, 0.2) is 54.6 Å². The van der Waals surface area contributed by atoms with Gasteiger partial charge in [0.25, 0.3) is 0 Å². The van der Waals surface area contributed by atoms with Gasteiger partial charge in [-0.2, -0.15) is 0 Å². The fourth-order valence-corrected chi connectivity index (χ4v) is 2.79. The first kappa shape index (κ1) is 23.5. The predicted molar refractivity (Wildman–Crippen MR) is 108 cm³/mol. The van der Waals surface area contributed by atoms with Crippen LogP contribution in [0, 0.1) is 5.82 Å². The van der Waals surface area contributed by atoms with Crippen LogP contribution in [0.3, 0.4) is 0 Å². The standard InChI is InChI=1S/C22H23FN2O6/c1-14(26)24-18(11-16-8-5-9-17(23)10-16)21(28)25-19(22(29)30)12-20(27)31-13-15-6-3-2-4-7-15/h2-10,18-19H,11-13H2,1H3,(H,24,26)(H,25,28)(H,29,30)/t18-,19-/m1/s1. The Bertz CT molecular complexity index is 935. The summed E-state index contributed by atoms with van der Waals surface area (Å²) in [5.74, 6) is -4.09. The average Bonchev–Trinajstić information content (AvgIpc) is 2.71. The molecular formula is C22H23FN2O6. The van der Waals surface area contributed by atoms with Crippen molar-refractivity contribution in [3.8, 4) is 0 Å². The van der Waals surface area contributed by atoms with Crippen LogP contribution in [-0.4, -0.2) is 40.9 Å². The molecule has 31 heavy (non-hydrogen) atoms. The first-order chi connectivity index (χ1) is 14.7. The van der Waals surface area contributed by atoms with Crippen molar-refractivity contribution in [1.82, 2.24) is 10.6 Å². The Balaban J connectivity index is 2.00. The number of esters is 1. The lowest BCUT2D eigenvalue weighted by Crippen LogP contribution is -2.52. The number of amides is 2. The van der Waals surface area contributed by atoms with Crippen molar-refractivity contribution < 1.29 is 33.4 Å². The fraction of sp³-hybridized carbons (Fsp3) is 0.273. The first-order valence-corrected chi connectivity index (χ1v) is 9.49. The van der Waals surface area contributed by atoms with Crippen LogP contribution in [0.2, 0.25) is 0 Å². The monoisotopic (exact) mass is 430 g/mol. The number of nitrogens with one attached hydrogen (secondary N) is 2. The number of carboxylic acid groups (broad SMARTS) is 1. The van der Waals surface area contributed by atoms with Crippen molar-refractivity contribution in [2.24, 2.45) is 0 Å². The van der Waals surface area contributed by atoms with Crippen molar-refractivity contribution in [2.45, 2.75) is 38.5 Å². The third-order valence-electron chi connectivity index (χ3n) is 4.25. The maximum atomic E-state index is 13.4. The van der Waals surface area contributed by atoms with E-state index in [0.717, 1.165) is 5.56 Å². The number of hydrogen-bond acceptors (Lipinski definition) is 5. The van der Waals surface area contributed by atoms with Crippen molar-refractivity contribution in [2.75, 3.05) is 0 Å². The molecule has 2 aromatic carbocycles. The fourth-order valence-electron chi connectivity index (χ4n) is 2.79. The topological polar surface area (TPSA) is 122 Å². The van der Waals surface area contributed by atoms with Crippen LogP contribution >= 0.6 is 0 Å². The summed E-state index contributed by atoms with van der Waals surface area (Å²) in [6.45, 7) is 1.16. The summed E-state index contributed by atoms with van der Waals surface area (Å²) in [7, 11) is 0. The normalized spacial score (nSPS) is 12.3. The van der Waals surface area contributed by atoms with E-state index in [2.05, 4.69) is 10.6 Å². The third kappa shape index (κ3) is 8.25. The molecule has 0 unspecified atom stereocenters. The SMILES string of the molecule is CC(=O)N[C@H](Cc1cccc(F)c1)C(=O)N[C@H](CC(=O)OCc1ccccc1)C(=O)O. The van der Waals surface area contributed by atoms with Gasteiger partial charge in [0.2, 0.25) is 11.8 Å². The number of ether oxygens (including phenoxy) is 1. The van der Waals surface area contributed by atoms with Crippen LogP contribution in [-0.2, 0) is 36.9 Å². The highest BCUT2D eigenvalue weighted by Crippen LogP contribution is 2.08. The molecule has 8 nitrogen and oxygen atoms in total. The van der Waals surface area contributed by atoms with E-state index >= 15 is 0 Å². The van der Waals surface area contributed by atoms with Gasteiger partial charge in [0, 0.05) is 13.3 Å². The molecule has 0 heterocycles. The molecule has 3 N–H and O–H groups in total. The summed E-state index contributed by atoms with van der Waals surface area (Å²) in [5, 5.41) is 14.0. The molecule has 0 fully saturated rings. The van der Waals surface area contributed by atoms with Crippen LogP contribution in [0.25, 0.3) is 0 Å². The molecule has 2 rings (SSSR count). The maximum absolute atomic E-state index is 13.4. The van der Waals surface area contributed by atoms with Gasteiger partial charge in [0.1, 0.15) is 24.5 Å². The third-order valence-corrected chi connectivity index (χ3v) is 4.25. The van der Waals surface area contributed by atoms with E-state index in [1.807, 2.05) is 0 Å². The zero-order valence-corrected chi connectivity index (χ0v) is 16.8. The van der Waals surface area contributed by atoms with E-state index in [1.165, 1.54) is 25.1 Å². The van der Waals surface area contributed by atoms with Crippen LogP contribution in [0.5, 0.6) is 0 Å². The van der Waals surface area contributed by atoms with Gasteiger partial charge in [0.05, 0.1) is 6.42 Å². The summed E-state index contributed by atoms with van der Waals surface area (Å²) < 4.78 is 18.5. The molecule has 9 heteroatoms. The largest absolute Gasteiger partial charge is 0.480 e. The predicted octanol–water partition coefficient (Wildman–Crippen LogP) is 1.58. The maximum Gasteiger partial charge on any atom is 0.326 e. The minimum Gasteiger partial charge on any atom is -0.480 e. The molecule has 2 amide bonds. The second-order valence-electron chi connectivity index (χ2n) is 6.84. The van der Waals surface area contributed by atoms with E-state index in [9.17, 15) is 28.7 Å². The van der Waals surface area contributed by atoms with Crippen molar-refractivity contribution >= 4 is 23.8 Å². The summed E-state index contributed by atoms with van der Waals surface area (Å²) >= 11 is 0. The Labute approximate surface area is 178 Å². The van der Waals surface area contributed by atoms with Gasteiger partial charge in [-0.15, -0.1) is 0 Å². The second kappa shape index (κ2) is 11.4. The molecule has 0 saturated carbocycles. The molecule has 0 aliphatic heterocycles. The highest BCUT2D eigenvalue weighted by Gasteiger charge is 2.28. The van der Waals surface area contributed by atoms with Crippen molar-refractivity contribution in [3.05, 3.63) is 71.5 Å². The van der Waals surface area contributed by atoms with Gasteiger partial charge in [0.15, 0.2) is 0 Å². The van der Waals surface area contributed by atoms with E-state index in [-0.39, 0.29) is 13.0 Å². The molecule has 0 saturated heterocycles. The number of carbonyl (C=O) groups excluding carboxylic acids is 3. The lowest BCUT2D eigenvalue weighted by atomic mass is 10.0. The van der Waals surface area contributed by atoms with Gasteiger partial charge in [-0.1, -0.05) is 42.5 Å². The van der Waals surface area contributed by atoms with Crippen LogP contribution in [0.1, 0.15) is 24.5 Å². The minimum absolute atomic E-state index is 0.0337. The molecule has 0 aliphatic carbocycles. The Morgan fingerprint density at radius 1 is 0.968 bits per heavy atom. The Kier molecular flexibility index (Phi) is 8.68. The quantitative estimate of drug-likeness (QED) is 0.492. The molecule has 2 aromatic rings. The number of carboxylic acids is 1. The van der Waals surface area contributed by atoms with Gasteiger partial charge >= 0.3 is 11.9 Å². The van der Waals surface area contributed by atoms with E-state index in [0.29, 0.717) is 5.56 Å². The Morgan fingerprint density at radius 3 is 2.26 bits per heavy atom. The number of aliphatic carboxylic acids is 1. The lowest BCUT2D eigenvalue weighted by molar-refractivity contribution is -0.151. The highest BCUT2D eigenvalue weighted by molar-refractivity contribution is 5.91. The number of rotatable bonds is 10. The number of carbonyl (C=O) groups is 4. The molecule has 0 aliphatic rings. The molecule has 0 radical (unpaired) electrons.